The van der Waals surface area contributed by atoms with Gasteiger partial charge in [-0.1, -0.05) is 103 Å². The Hall–Kier alpha value is -0.980. The maximum Gasteiger partial charge on any atom is 0.350 e. The number of benzene rings is 1. The summed E-state index contributed by atoms with van der Waals surface area (Å²) in [5, 5.41) is 16.1. The second kappa shape index (κ2) is 22.5. The average Bonchev–Trinajstić information content (AvgIpc) is 2.96. The molecule has 1 aromatic carbocycles. The Kier molecular flexibility index (Phi) is 20.9. The maximum absolute atomic E-state index is 10.9. The summed E-state index contributed by atoms with van der Waals surface area (Å²) in [7, 11) is -0.875. The van der Waals surface area contributed by atoms with E-state index in [0.717, 1.165) is 12.8 Å². The number of carbonyl (C=O) groups is 1. The Labute approximate surface area is 262 Å². The molecule has 0 aliphatic heterocycles. The fraction of sp³-hybridized carbons (Fsp3) is 0.794. The van der Waals surface area contributed by atoms with Crippen molar-refractivity contribution in [1.82, 2.24) is 0 Å². The van der Waals surface area contributed by atoms with E-state index in [2.05, 4.69) is 70.6 Å². The second-order valence-electron chi connectivity index (χ2n) is 12.7. The Morgan fingerprint density at radius 2 is 1.52 bits per heavy atom. The topological polar surface area (TPSA) is 93.1 Å². The highest BCUT2D eigenvalue weighted by Crippen LogP contribution is 2.30. The third kappa shape index (κ3) is 17.3. The van der Waals surface area contributed by atoms with Crippen LogP contribution in [0.1, 0.15) is 135 Å². The lowest BCUT2D eigenvalue weighted by molar-refractivity contribution is -0.154. The van der Waals surface area contributed by atoms with Crippen molar-refractivity contribution in [2.75, 3.05) is 31.3 Å². The van der Waals surface area contributed by atoms with Crippen LogP contribution >= 0.6 is 20.2 Å². The molecule has 3 unspecified atom stereocenters. The van der Waals surface area contributed by atoms with Crippen molar-refractivity contribution in [3.05, 3.63) is 35.4 Å². The van der Waals surface area contributed by atoms with Crippen molar-refractivity contribution >= 4 is 26.2 Å². The standard InChI is InChI=1S/C34H59O6PS/c1-6-7-12-17-29(30-18-20-31(21-19-30)33(3,4)5)22-26-42-25-14-11-9-8-10-13-16-28(2)40-24-15-23-39-27-34(37,41-38)32(35)36/h18-21,28-29,37H,6-17,22-27H2,1-5H3,(H,35,36). The SMILES string of the molecule is CCCCCC(CCSCCCCCCCCC(C)OCCCOCC(O)(P=O)C(=O)O)c1ccc(C(C)(C)C)cc1. The third-order valence-electron chi connectivity index (χ3n) is 7.80. The van der Waals surface area contributed by atoms with Crippen LogP contribution in [0.25, 0.3) is 0 Å². The molecule has 242 valence electrons. The van der Waals surface area contributed by atoms with E-state index in [9.17, 15) is 14.5 Å². The summed E-state index contributed by atoms with van der Waals surface area (Å²) < 4.78 is 21.7. The van der Waals surface area contributed by atoms with Gasteiger partial charge in [-0.3, -0.25) is 4.57 Å². The normalized spacial score (nSPS) is 15.0. The smallest absolute Gasteiger partial charge is 0.350 e. The summed E-state index contributed by atoms with van der Waals surface area (Å²) in [4.78, 5) is 10.9. The van der Waals surface area contributed by atoms with Gasteiger partial charge < -0.3 is 19.7 Å². The van der Waals surface area contributed by atoms with Gasteiger partial charge >= 0.3 is 5.97 Å². The summed E-state index contributed by atoms with van der Waals surface area (Å²) >= 11 is 2.13. The van der Waals surface area contributed by atoms with Crippen LogP contribution in [0.3, 0.4) is 0 Å². The molecule has 0 heterocycles. The number of aliphatic carboxylic acids is 1. The van der Waals surface area contributed by atoms with Crippen LogP contribution < -0.4 is 0 Å². The molecule has 0 saturated heterocycles. The number of ether oxygens (including phenoxy) is 2. The lowest BCUT2D eigenvalue weighted by Crippen LogP contribution is -2.37. The molecule has 8 heteroatoms. The number of unbranched alkanes of at least 4 members (excludes halogenated alkanes) is 7. The zero-order valence-corrected chi connectivity index (χ0v) is 28.8. The minimum atomic E-state index is -2.37. The van der Waals surface area contributed by atoms with E-state index in [1.54, 1.807) is 0 Å². The Bertz CT molecular complexity index is 843. The first-order chi connectivity index (χ1) is 20.0. The van der Waals surface area contributed by atoms with E-state index in [-0.39, 0.29) is 18.1 Å². The van der Waals surface area contributed by atoms with Gasteiger partial charge in [0.15, 0.2) is 0 Å². The van der Waals surface area contributed by atoms with Crippen LogP contribution in [0.5, 0.6) is 0 Å². The van der Waals surface area contributed by atoms with E-state index in [1.807, 2.05) is 0 Å². The first-order valence-electron chi connectivity index (χ1n) is 16.2. The molecular formula is C34H59O6PS. The van der Waals surface area contributed by atoms with Gasteiger partial charge in [-0.25, -0.2) is 4.79 Å². The van der Waals surface area contributed by atoms with Crippen molar-refractivity contribution in [3.8, 4) is 0 Å². The number of hydrogen-bond acceptors (Lipinski definition) is 6. The highest BCUT2D eigenvalue weighted by atomic mass is 32.2. The molecule has 0 aromatic heterocycles. The van der Waals surface area contributed by atoms with Gasteiger partial charge in [-0.05, 0) is 73.0 Å². The van der Waals surface area contributed by atoms with Crippen LogP contribution in [0, 0.1) is 0 Å². The van der Waals surface area contributed by atoms with Crippen molar-refractivity contribution in [3.63, 3.8) is 0 Å². The van der Waals surface area contributed by atoms with Crippen LogP contribution in [-0.4, -0.2) is 59.0 Å². The molecular weight excluding hydrogens is 567 g/mol. The van der Waals surface area contributed by atoms with Gasteiger partial charge in [0.05, 0.1) is 12.7 Å². The van der Waals surface area contributed by atoms with Gasteiger partial charge in [-0.15, -0.1) is 0 Å². The zero-order chi connectivity index (χ0) is 31.3. The van der Waals surface area contributed by atoms with Crippen LogP contribution in [0.4, 0.5) is 0 Å². The highest BCUT2D eigenvalue weighted by Gasteiger charge is 2.37. The summed E-state index contributed by atoms with van der Waals surface area (Å²) in [6.45, 7) is 11.5. The molecule has 6 nitrogen and oxygen atoms in total. The Morgan fingerprint density at radius 1 is 0.881 bits per heavy atom. The lowest BCUT2D eigenvalue weighted by Gasteiger charge is -2.22. The number of aliphatic hydroxyl groups is 1. The number of carboxylic acid groups (broad SMARTS) is 1. The summed E-state index contributed by atoms with van der Waals surface area (Å²) in [6, 6.07) is 9.45. The minimum absolute atomic E-state index is 0.180. The molecule has 1 rings (SSSR count). The lowest BCUT2D eigenvalue weighted by atomic mass is 9.84. The van der Waals surface area contributed by atoms with Gasteiger partial charge in [0, 0.05) is 13.2 Å². The monoisotopic (exact) mass is 626 g/mol. The molecule has 0 fully saturated rings. The number of carboxylic acids is 1. The molecule has 0 radical (unpaired) electrons. The Morgan fingerprint density at radius 3 is 2.14 bits per heavy atom. The molecule has 0 spiro atoms. The van der Waals surface area contributed by atoms with Crippen molar-refractivity contribution in [2.24, 2.45) is 0 Å². The molecule has 0 amide bonds. The average molecular weight is 627 g/mol. The third-order valence-corrected chi connectivity index (χ3v) is 9.52. The van der Waals surface area contributed by atoms with Gasteiger partial charge in [0.1, 0.15) is 0 Å². The van der Waals surface area contributed by atoms with E-state index >= 15 is 0 Å². The highest BCUT2D eigenvalue weighted by molar-refractivity contribution is 7.99. The van der Waals surface area contributed by atoms with E-state index in [1.165, 1.54) is 86.8 Å². The molecule has 2 N–H and O–H groups in total. The van der Waals surface area contributed by atoms with Gasteiger partial charge in [0.25, 0.3) is 5.34 Å². The quantitative estimate of drug-likeness (QED) is 0.0782. The van der Waals surface area contributed by atoms with E-state index < -0.39 is 26.4 Å². The molecule has 3 atom stereocenters. The molecule has 42 heavy (non-hydrogen) atoms. The fourth-order valence-electron chi connectivity index (χ4n) is 4.91. The summed E-state index contributed by atoms with van der Waals surface area (Å²) in [6.07, 6.45) is 16.0. The maximum atomic E-state index is 10.9. The van der Waals surface area contributed by atoms with Crippen molar-refractivity contribution in [2.45, 2.75) is 141 Å². The van der Waals surface area contributed by atoms with Crippen molar-refractivity contribution in [1.29, 1.82) is 0 Å². The van der Waals surface area contributed by atoms with Gasteiger partial charge in [0.2, 0.25) is 8.46 Å². The number of thioether (sulfide) groups is 1. The summed E-state index contributed by atoms with van der Waals surface area (Å²) in [5.74, 6) is 1.66. The van der Waals surface area contributed by atoms with Gasteiger partial charge in [-0.2, -0.15) is 11.8 Å². The predicted molar refractivity (Wildman–Crippen MR) is 177 cm³/mol. The first kappa shape index (κ1) is 39.0. The summed E-state index contributed by atoms with van der Waals surface area (Å²) in [5.41, 5.74) is 3.15. The molecule has 0 aliphatic rings. The van der Waals surface area contributed by atoms with Crippen LogP contribution in [-0.2, 0) is 24.2 Å². The van der Waals surface area contributed by atoms with Crippen LogP contribution in [0.15, 0.2) is 24.3 Å². The molecule has 0 aliphatic carbocycles. The first-order valence-corrected chi connectivity index (χ1v) is 18.2. The molecule has 0 saturated carbocycles. The number of rotatable bonds is 26. The second-order valence-corrected chi connectivity index (χ2v) is 14.8. The van der Waals surface area contributed by atoms with Crippen LogP contribution in [0.2, 0.25) is 0 Å². The molecule has 0 bridgehead atoms. The molecule has 1 aromatic rings. The predicted octanol–water partition coefficient (Wildman–Crippen LogP) is 9.38. The number of hydrogen-bond donors (Lipinski definition) is 2. The zero-order valence-electron chi connectivity index (χ0n) is 27.1. The van der Waals surface area contributed by atoms with E-state index in [0.29, 0.717) is 18.9 Å². The fourth-order valence-corrected chi connectivity index (χ4v) is 6.20. The van der Waals surface area contributed by atoms with Crippen molar-refractivity contribution < 1.29 is 29.0 Å². The largest absolute Gasteiger partial charge is 0.478 e. The Balaban J connectivity index is 2.07. The van der Waals surface area contributed by atoms with E-state index in [4.69, 9.17) is 14.6 Å². The minimum Gasteiger partial charge on any atom is -0.478 e.